The molecule has 1 fully saturated rings. The van der Waals surface area contributed by atoms with Crippen molar-refractivity contribution in [3.8, 4) is 6.07 Å². The van der Waals surface area contributed by atoms with Gasteiger partial charge in [-0.2, -0.15) is 5.26 Å². The minimum atomic E-state index is -0.427. The highest BCUT2D eigenvalue weighted by Crippen LogP contribution is 2.18. The van der Waals surface area contributed by atoms with E-state index in [1.54, 1.807) is 0 Å². The summed E-state index contributed by atoms with van der Waals surface area (Å²) in [6.45, 7) is 0. The summed E-state index contributed by atoms with van der Waals surface area (Å²) in [6, 6.07) is 1.58. The SMILES string of the molecule is N#CC1CCCC(N)C1=O. The molecule has 3 heteroatoms. The van der Waals surface area contributed by atoms with Gasteiger partial charge in [0.25, 0.3) is 0 Å². The van der Waals surface area contributed by atoms with E-state index in [0.717, 1.165) is 12.8 Å². The molecule has 0 bridgehead atoms. The Morgan fingerprint density at radius 2 is 2.30 bits per heavy atom. The van der Waals surface area contributed by atoms with Gasteiger partial charge in [0.05, 0.1) is 12.1 Å². The molecule has 2 N–H and O–H groups in total. The fourth-order valence-corrected chi connectivity index (χ4v) is 1.21. The predicted molar refractivity (Wildman–Crippen MR) is 35.9 cm³/mol. The van der Waals surface area contributed by atoms with Crippen molar-refractivity contribution in [1.82, 2.24) is 0 Å². The Kier molecular flexibility index (Phi) is 2.03. The summed E-state index contributed by atoms with van der Waals surface area (Å²) in [5, 5.41) is 8.45. The summed E-state index contributed by atoms with van der Waals surface area (Å²) in [4.78, 5) is 11.0. The highest BCUT2D eigenvalue weighted by Gasteiger charge is 2.27. The van der Waals surface area contributed by atoms with Gasteiger partial charge in [0.1, 0.15) is 5.92 Å². The molecule has 10 heavy (non-hydrogen) atoms. The van der Waals surface area contributed by atoms with Crippen LogP contribution in [-0.2, 0) is 4.79 Å². The molecule has 0 aromatic rings. The number of hydrogen-bond donors (Lipinski definition) is 1. The molecule has 0 aromatic heterocycles. The first-order valence-electron chi connectivity index (χ1n) is 3.44. The highest BCUT2D eigenvalue weighted by atomic mass is 16.1. The van der Waals surface area contributed by atoms with Gasteiger partial charge in [-0.05, 0) is 19.3 Å². The van der Waals surface area contributed by atoms with Gasteiger partial charge in [-0.1, -0.05) is 0 Å². The average Bonchev–Trinajstić information content (AvgIpc) is 1.95. The number of ketones is 1. The smallest absolute Gasteiger partial charge is 0.166 e. The van der Waals surface area contributed by atoms with Crippen LogP contribution in [0.1, 0.15) is 19.3 Å². The molecule has 1 aliphatic rings. The summed E-state index contributed by atoms with van der Waals surface area (Å²) in [7, 11) is 0. The van der Waals surface area contributed by atoms with Crippen molar-refractivity contribution < 1.29 is 4.79 Å². The van der Waals surface area contributed by atoms with Crippen LogP contribution in [0.3, 0.4) is 0 Å². The second-order valence-electron chi connectivity index (χ2n) is 2.62. The molecule has 2 unspecified atom stereocenters. The lowest BCUT2D eigenvalue weighted by atomic mass is 9.86. The third-order valence-electron chi connectivity index (χ3n) is 1.87. The summed E-state index contributed by atoms with van der Waals surface area (Å²) < 4.78 is 0. The molecule has 0 amide bonds. The van der Waals surface area contributed by atoms with Crippen molar-refractivity contribution in [3.05, 3.63) is 0 Å². The minimum absolute atomic E-state index is 0.0752. The number of carbonyl (C=O) groups is 1. The van der Waals surface area contributed by atoms with Gasteiger partial charge in [-0.15, -0.1) is 0 Å². The van der Waals surface area contributed by atoms with Crippen LogP contribution in [0.4, 0.5) is 0 Å². The van der Waals surface area contributed by atoms with Gasteiger partial charge in [0.15, 0.2) is 5.78 Å². The van der Waals surface area contributed by atoms with Gasteiger partial charge in [-0.25, -0.2) is 0 Å². The van der Waals surface area contributed by atoms with E-state index >= 15 is 0 Å². The van der Waals surface area contributed by atoms with E-state index < -0.39 is 5.92 Å². The van der Waals surface area contributed by atoms with Crippen molar-refractivity contribution >= 4 is 5.78 Å². The molecule has 0 aromatic carbocycles. The van der Waals surface area contributed by atoms with Gasteiger partial charge in [-0.3, -0.25) is 4.79 Å². The summed E-state index contributed by atoms with van der Waals surface area (Å²) in [5.41, 5.74) is 5.44. The molecular formula is C7H10N2O. The fourth-order valence-electron chi connectivity index (χ4n) is 1.21. The number of carbonyl (C=O) groups excluding carboxylic acids is 1. The van der Waals surface area contributed by atoms with Crippen molar-refractivity contribution in [2.24, 2.45) is 11.7 Å². The van der Waals surface area contributed by atoms with Crippen LogP contribution in [0.5, 0.6) is 0 Å². The van der Waals surface area contributed by atoms with Crippen LogP contribution in [0.2, 0.25) is 0 Å². The highest BCUT2D eigenvalue weighted by molar-refractivity contribution is 5.88. The van der Waals surface area contributed by atoms with E-state index in [4.69, 9.17) is 11.0 Å². The molecule has 1 rings (SSSR count). The molecule has 2 atom stereocenters. The zero-order chi connectivity index (χ0) is 7.56. The van der Waals surface area contributed by atoms with E-state index in [9.17, 15) is 4.79 Å². The summed E-state index contributed by atoms with van der Waals surface area (Å²) in [6.07, 6.45) is 2.35. The molecule has 0 spiro atoms. The first-order valence-corrected chi connectivity index (χ1v) is 3.44. The van der Waals surface area contributed by atoms with Gasteiger partial charge < -0.3 is 5.73 Å². The Bertz CT molecular complexity index is 183. The third kappa shape index (κ3) is 1.17. The molecule has 0 heterocycles. The quantitative estimate of drug-likeness (QED) is 0.520. The first-order chi connectivity index (χ1) is 4.75. The van der Waals surface area contributed by atoms with E-state index in [-0.39, 0.29) is 11.8 Å². The molecule has 0 aliphatic heterocycles. The van der Waals surface area contributed by atoms with E-state index in [0.29, 0.717) is 6.42 Å². The lowest BCUT2D eigenvalue weighted by Crippen LogP contribution is -2.38. The molecular weight excluding hydrogens is 128 g/mol. The Morgan fingerprint density at radius 1 is 1.60 bits per heavy atom. The average molecular weight is 138 g/mol. The Balaban J connectivity index is 2.62. The number of nitrogens with zero attached hydrogens (tertiary/aromatic N) is 1. The van der Waals surface area contributed by atoms with Crippen LogP contribution >= 0.6 is 0 Å². The van der Waals surface area contributed by atoms with Crippen molar-refractivity contribution in [2.75, 3.05) is 0 Å². The maximum atomic E-state index is 11.0. The fraction of sp³-hybridized carbons (Fsp3) is 0.714. The monoisotopic (exact) mass is 138 g/mol. The van der Waals surface area contributed by atoms with Crippen molar-refractivity contribution in [1.29, 1.82) is 5.26 Å². The maximum Gasteiger partial charge on any atom is 0.166 e. The Labute approximate surface area is 59.8 Å². The van der Waals surface area contributed by atoms with Crippen LogP contribution in [0.15, 0.2) is 0 Å². The number of nitriles is 1. The molecule has 54 valence electrons. The van der Waals surface area contributed by atoms with Crippen molar-refractivity contribution in [3.63, 3.8) is 0 Å². The lowest BCUT2D eigenvalue weighted by molar-refractivity contribution is -0.124. The Hall–Kier alpha value is -0.880. The molecule has 0 saturated heterocycles. The van der Waals surface area contributed by atoms with Crippen LogP contribution < -0.4 is 5.73 Å². The minimum Gasteiger partial charge on any atom is -0.321 e. The zero-order valence-corrected chi connectivity index (χ0v) is 5.71. The Morgan fingerprint density at radius 3 is 2.80 bits per heavy atom. The first kappa shape index (κ1) is 7.23. The van der Waals surface area contributed by atoms with Gasteiger partial charge in [0, 0.05) is 0 Å². The largest absolute Gasteiger partial charge is 0.321 e. The molecule has 1 aliphatic carbocycles. The number of rotatable bonds is 0. The second kappa shape index (κ2) is 2.80. The van der Waals surface area contributed by atoms with Crippen molar-refractivity contribution in [2.45, 2.75) is 25.3 Å². The van der Waals surface area contributed by atoms with Gasteiger partial charge >= 0.3 is 0 Å². The van der Waals surface area contributed by atoms with E-state index in [2.05, 4.69) is 0 Å². The van der Waals surface area contributed by atoms with Crippen LogP contribution in [0.25, 0.3) is 0 Å². The predicted octanol–water partition coefficient (Wildman–Crippen LogP) is 0.206. The number of Topliss-reactive ketones (excluding diaryl/α,β-unsaturated/α-hetero) is 1. The summed E-state index contributed by atoms with van der Waals surface area (Å²) >= 11 is 0. The normalized spacial score (nSPS) is 33.4. The molecule has 3 nitrogen and oxygen atoms in total. The number of hydrogen-bond acceptors (Lipinski definition) is 3. The third-order valence-corrected chi connectivity index (χ3v) is 1.87. The molecule has 1 saturated carbocycles. The lowest BCUT2D eigenvalue weighted by Gasteiger charge is -2.19. The van der Waals surface area contributed by atoms with E-state index in [1.807, 2.05) is 6.07 Å². The number of nitrogens with two attached hydrogens (primary N) is 1. The molecule has 0 radical (unpaired) electrons. The van der Waals surface area contributed by atoms with Crippen LogP contribution in [-0.4, -0.2) is 11.8 Å². The van der Waals surface area contributed by atoms with E-state index in [1.165, 1.54) is 0 Å². The summed E-state index contributed by atoms with van der Waals surface area (Å²) in [5.74, 6) is -0.502. The second-order valence-corrected chi connectivity index (χ2v) is 2.62. The maximum absolute atomic E-state index is 11.0. The zero-order valence-electron chi connectivity index (χ0n) is 5.71. The standard InChI is InChI=1S/C7H10N2O/c8-4-5-2-1-3-6(9)7(5)10/h5-6H,1-3,9H2. The topological polar surface area (TPSA) is 66.9 Å². The van der Waals surface area contributed by atoms with Gasteiger partial charge in [0.2, 0.25) is 0 Å². The van der Waals surface area contributed by atoms with Crippen LogP contribution in [0, 0.1) is 17.2 Å².